The SMILES string of the molecule is C=C(/C=C\C=NC)C1C2=C(CC(C)(C)CC2=O)NC(COC(C)C)=C1C(=O)OCC. The quantitative estimate of drug-likeness (QED) is 0.370. The molecule has 0 radical (unpaired) electrons. The molecule has 0 aromatic carbocycles. The lowest BCUT2D eigenvalue weighted by molar-refractivity contribution is -0.139. The van der Waals surface area contributed by atoms with Gasteiger partial charge in [-0.25, -0.2) is 4.79 Å². The number of hydrogen-bond donors (Lipinski definition) is 1. The molecule has 0 aromatic rings. The Labute approximate surface area is 179 Å². The summed E-state index contributed by atoms with van der Waals surface area (Å²) in [6.45, 7) is 14.4. The summed E-state index contributed by atoms with van der Waals surface area (Å²) in [6, 6.07) is 0. The number of hydrogen-bond acceptors (Lipinski definition) is 6. The fourth-order valence-electron chi connectivity index (χ4n) is 3.88. The van der Waals surface area contributed by atoms with Gasteiger partial charge in [-0.2, -0.15) is 0 Å². The predicted octanol–water partition coefficient (Wildman–Crippen LogP) is 3.90. The maximum Gasteiger partial charge on any atom is 0.336 e. The smallest absolute Gasteiger partial charge is 0.336 e. The van der Waals surface area contributed by atoms with Crippen LogP contribution < -0.4 is 5.32 Å². The first-order chi connectivity index (χ1) is 14.1. The van der Waals surface area contributed by atoms with Crippen LogP contribution >= 0.6 is 0 Å². The van der Waals surface area contributed by atoms with Gasteiger partial charge in [0.15, 0.2) is 5.78 Å². The van der Waals surface area contributed by atoms with Crippen LogP contribution in [0.3, 0.4) is 0 Å². The zero-order chi connectivity index (χ0) is 22.5. The first-order valence-electron chi connectivity index (χ1n) is 10.4. The second-order valence-electron chi connectivity index (χ2n) is 8.70. The Morgan fingerprint density at radius 2 is 2.07 bits per heavy atom. The summed E-state index contributed by atoms with van der Waals surface area (Å²) in [7, 11) is 1.68. The third kappa shape index (κ3) is 5.57. The van der Waals surface area contributed by atoms with Crippen LogP contribution in [0.5, 0.6) is 0 Å². The van der Waals surface area contributed by atoms with Crippen molar-refractivity contribution >= 4 is 18.0 Å². The Bertz CT molecular complexity index is 828. The zero-order valence-electron chi connectivity index (χ0n) is 19.0. The van der Waals surface area contributed by atoms with Crippen LogP contribution in [0.4, 0.5) is 0 Å². The van der Waals surface area contributed by atoms with Crippen LogP contribution in [0.25, 0.3) is 0 Å². The number of dihydropyridines is 1. The molecule has 30 heavy (non-hydrogen) atoms. The molecule has 6 heteroatoms. The molecular formula is C24H34N2O4. The second-order valence-corrected chi connectivity index (χ2v) is 8.70. The monoisotopic (exact) mass is 414 g/mol. The van der Waals surface area contributed by atoms with Gasteiger partial charge in [0.25, 0.3) is 0 Å². The molecule has 0 spiro atoms. The summed E-state index contributed by atoms with van der Waals surface area (Å²) in [5.74, 6) is -1.00. The van der Waals surface area contributed by atoms with Crippen LogP contribution in [0.2, 0.25) is 0 Å². The summed E-state index contributed by atoms with van der Waals surface area (Å²) in [6.07, 6.45) is 6.31. The molecule has 0 saturated carbocycles. The van der Waals surface area contributed by atoms with Crippen molar-refractivity contribution in [3.05, 3.63) is 46.8 Å². The van der Waals surface area contributed by atoms with Crippen LogP contribution in [0.15, 0.2) is 51.8 Å². The molecule has 2 aliphatic rings. The van der Waals surface area contributed by atoms with Crippen molar-refractivity contribution in [1.82, 2.24) is 5.32 Å². The Morgan fingerprint density at radius 1 is 1.37 bits per heavy atom. The molecule has 1 aliphatic carbocycles. The third-order valence-electron chi connectivity index (χ3n) is 5.10. The second kappa shape index (κ2) is 10.0. The molecule has 1 atom stereocenters. The lowest BCUT2D eigenvalue weighted by atomic mass is 9.68. The van der Waals surface area contributed by atoms with E-state index in [0.29, 0.717) is 35.3 Å². The van der Waals surface area contributed by atoms with E-state index in [1.807, 2.05) is 13.8 Å². The third-order valence-corrected chi connectivity index (χ3v) is 5.10. The van der Waals surface area contributed by atoms with E-state index in [0.717, 1.165) is 5.70 Å². The number of nitrogens with zero attached hydrogens (tertiary/aromatic N) is 1. The van der Waals surface area contributed by atoms with E-state index in [4.69, 9.17) is 9.47 Å². The lowest BCUT2D eigenvalue weighted by Gasteiger charge is -2.40. The average Bonchev–Trinajstić information content (AvgIpc) is 2.64. The Kier molecular flexibility index (Phi) is 7.96. The van der Waals surface area contributed by atoms with Crippen molar-refractivity contribution in [2.75, 3.05) is 20.3 Å². The highest BCUT2D eigenvalue weighted by molar-refractivity contribution is 6.03. The van der Waals surface area contributed by atoms with E-state index in [9.17, 15) is 9.59 Å². The summed E-state index contributed by atoms with van der Waals surface area (Å²) < 4.78 is 11.2. The Hall–Kier alpha value is -2.47. The number of ketones is 1. The van der Waals surface area contributed by atoms with Gasteiger partial charge in [-0.05, 0) is 44.3 Å². The van der Waals surface area contributed by atoms with E-state index < -0.39 is 11.9 Å². The van der Waals surface area contributed by atoms with Gasteiger partial charge in [0.05, 0.1) is 30.6 Å². The minimum Gasteiger partial charge on any atom is -0.463 e. The fraction of sp³-hybridized carbons (Fsp3) is 0.542. The van der Waals surface area contributed by atoms with Gasteiger partial charge >= 0.3 is 5.97 Å². The Morgan fingerprint density at radius 3 is 2.67 bits per heavy atom. The zero-order valence-corrected chi connectivity index (χ0v) is 19.0. The highest BCUT2D eigenvalue weighted by Crippen LogP contribution is 2.45. The van der Waals surface area contributed by atoms with Crippen LogP contribution in [0, 0.1) is 11.3 Å². The summed E-state index contributed by atoms with van der Waals surface area (Å²) >= 11 is 0. The molecule has 0 amide bonds. The van der Waals surface area contributed by atoms with Crippen molar-refractivity contribution in [1.29, 1.82) is 0 Å². The maximum atomic E-state index is 13.2. The molecule has 1 aliphatic heterocycles. The number of esters is 1. The molecule has 1 unspecified atom stereocenters. The molecule has 0 aromatic heterocycles. The number of ether oxygens (including phenoxy) is 2. The standard InChI is InChI=1S/C24H34N2O4/c1-8-29-23(28)22-18(14-30-15(2)3)26-17-12-24(5,6)13-19(27)21(17)20(22)16(4)10-9-11-25-7/h9-11,15,20,26H,4,8,12-14H2,1-3,5-7H3/b10-9-,25-11?. The van der Waals surface area contributed by atoms with E-state index >= 15 is 0 Å². The van der Waals surface area contributed by atoms with Crippen LogP contribution in [0.1, 0.15) is 47.5 Å². The largest absolute Gasteiger partial charge is 0.463 e. The minimum absolute atomic E-state index is 0.00939. The average molecular weight is 415 g/mol. The number of aliphatic imine (C=N–C) groups is 1. The van der Waals surface area contributed by atoms with Crippen LogP contribution in [-0.4, -0.2) is 44.3 Å². The van der Waals surface area contributed by atoms with Gasteiger partial charge in [-0.1, -0.05) is 26.5 Å². The predicted molar refractivity (Wildman–Crippen MR) is 119 cm³/mol. The van der Waals surface area contributed by atoms with Gasteiger partial charge in [0, 0.05) is 36.9 Å². The molecule has 0 bridgehead atoms. The van der Waals surface area contributed by atoms with Gasteiger partial charge in [0.1, 0.15) is 0 Å². The van der Waals surface area contributed by atoms with E-state index in [-0.39, 0.29) is 30.5 Å². The van der Waals surface area contributed by atoms with E-state index in [2.05, 4.69) is 30.7 Å². The first kappa shape index (κ1) is 23.8. The minimum atomic E-state index is -0.573. The van der Waals surface area contributed by atoms with Crippen molar-refractivity contribution in [2.24, 2.45) is 16.3 Å². The van der Waals surface area contributed by atoms with Gasteiger partial charge in [-0.15, -0.1) is 0 Å². The molecule has 1 heterocycles. The number of Topliss-reactive ketones (excluding diaryl/α,β-unsaturated/α-hetero) is 1. The van der Waals surface area contributed by atoms with Gasteiger partial charge < -0.3 is 14.8 Å². The summed E-state index contributed by atoms with van der Waals surface area (Å²) in [4.78, 5) is 30.1. The highest BCUT2D eigenvalue weighted by atomic mass is 16.5. The van der Waals surface area contributed by atoms with Crippen LogP contribution in [-0.2, 0) is 19.1 Å². The molecular weight excluding hydrogens is 380 g/mol. The molecule has 1 N–H and O–H groups in total. The fourth-order valence-corrected chi connectivity index (χ4v) is 3.88. The molecule has 164 valence electrons. The number of rotatable bonds is 8. The summed E-state index contributed by atoms with van der Waals surface area (Å²) in [5.41, 5.74) is 2.96. The number of carbonyl (C=O) groups excluding carboxylic acids is 2. The molecule has 2 rings (SSSR count). The van der Waals surface area contributed by atoms with E-state index in [1.165, 1.54) is 0 Å². The molecule has 0 fully saturated rings. The Balaban J connectivity index is 2.63. The van der Waals surface area contributed by atoms with Crippen molar-refractivity contribution in [2.45, 2.75) is 53.6 Å². The lowest BCUT2D eigenvalue weighted by Crippen LogP contribution is -2.41. The van der Waals surface area contributed by atoms with Gasteiger partial charge in [-0.3, -0.25) is 9.79 Å². The summed E-state index contributed by atoms with van der Waals surface area (Å²) in [5, 5.41) is 3.36. The molecule has 0 saturated heterocycles. The van der Waals surface area contributed by atoms with Crippen molar-refractivity contribution in [3.8, 4) is 0 Å². The number of nitrogens with one attached hydrogen (secondary N) is 1. The normalized spacial score (nSPS) is 21.4. The number of carbonyl (C=O) groups is 2. The van der Waals surface area contributed by atoms with E-state index in [1.54, 1.807) is 32.3 Å². The first-order valence-corrected chi connectivity index (χ1v) is 10.4. The van der Waals surface area contributed by atoms with Crippen molar-refractivity contribution in [3.63, 3.8) is 0 Å². The van der Waals surface area contributed by atoms with Crippen molar-refractivity contribution < 1.29 is 19.1 Å². The molecule has 6 nitrogen and oxygen atoms in total. The highest BCUT2D eigenvalue weighted by Gasteiger charge is 2.43. The van der Waals surface area contributed by atoms with Gasteiger partial charge in [0.2, 0.25) is 0 Å². The maximum absolute atomic E-state index is 13.2. The topological polar surface area (TPSA) is 77.0 Å². The number of allylic oxidation sites excluding steroid dienone is 5.